The van der Waals surface area contributed by atoms with E-state index in [1.807, 2.05) is 43.3 Å². The van der Waals surface area contributed by atoms with Gasteiger partial charge in [0.05, 0.1) is 15.6 Å². The van der Waals surface area contributed by atoms with Gasteiger partial charge in [-0.2, -0.15) is 9.61 Å². The van der Waals surface area contributed by atoms with Gasteiger partial charge in [0.15, 0.2) is 11.5 Å². The second-order valence-electron chi connectivity index (χ2n) is 6.51. The van der Waals surface area contributed by atoms with Crippen LogP contribution in [0.25, 0.3) is 27.1 Å². The van der Waals surface area contributed by atoms with Crippen LogP contribution in [0.3, 0.4) is 0 Å². The number of thiophene rings is 1. The SMILES string of the molecule is Cc1nn2c(-c3ccc(NC(=O)c4ccc(Cl)cc4)s3)nnc2c2ccccc12. The van der Waals surface area contributed by atoms with Gasteiger partial charge in [-0.15, -0.1) is 21.5 Å². The maximum Gasteiger partial charge on any atom is 0.256 e. The lowest BCUT2D eigenvalue weighted by Crippen LogP contribution is -2.10. The van der Waals surface area contributed by atoms with E-state index in [0.29, 0.717) is 27.1 Å². The first-order valence-corrected chi connectivity index (χ1v) is 10.1. The second-order valence-corrected chi connectivity index (χ2v) is 8.04. The Kier molecular flexibility index (Phi) is 4.26. The van der Waals surface area contributed by atoms with E-state index in [-0.39, 0.29) is 5.91 Å². The number of benzene rings is 2. The molecule has 6 nitrogen and oxygen atoms in total. The van der Waals surface area contributed by atoms with Crippen LogP contribution in [0.5, 0.6) is 0 Å². The fraction of sp³-hybridized carbons (Fsp3) is 0.0476. The molecule has 5 rings (SSSR count). The molecule has 1 amide bonds. The normalized spacial score (nSPS) is 11.2. The zero-order chi connectivity index (χ0) is 20.0. The molecule has 3 aromatic heterocycles. The van der Waals surface area contributed by atoms with E-state index in [9.17, 15) is 4.79 Å². The molecule has 0 spiro atoms. The van der Waals surface area contributed by atoms with Gasteiger partial charge >= 0.3 is 0 Å². The summed E-state index contributed by atoms with van der Waals surface area (Å²) in [5.41, 5.74) is 2.16. The van der Waals surface area contributed by atoms with Gasteiger partial charge in [0.25, 0.3) is 5.91 Å². The second kappa shape index (κ2) is 6.95. The lowest BCUT2D eigenvalue weighted by molar-refractivity contribution is 0.102. The standard InChI is InChI=1S/C21H14ClN5OS/c1-12-15-4-2-3-5-16(15)19-24-25-20(27(19)26-12)17-10-11-18(29-17)23-21(28)13-6-8-14(22)9-7-13/h2-11H,1H3,(H,23,28). The summed E-state index contributed by atoms with van der Waals surface area (Å²) in [7, 11) is 0. The molecule has 0 fully saturated rings. The minimum absolute atomic E-state index is 0.193. The summed E-state index contributed by atoms with van der Waals surface area (Å²) in [5.74, 6) is 0.451. The summed E-state index contributed by atoms with van der Waals surface area (Å²) in [6.07, 6.45) is 0. The van der Waals surface area contributed by atoms with Gasteiger partial charge in [0.1, 0.15) is 0 Å². The molecule has 1 N–H and O–H groups in total. The minimum atomic E-state index is -0.193. The van der Waals surface area contributed by atoms with Crippen molar-refractivity contribution in [1.82, 2.24) is 19.8 Å². The first-order valence-electron chi connectivity index (χ1n) is 8.88. The van der Waals surface area contributed by atoms with E-state index in [1.165, 1.54) is 11.3 Å². The number of halogens is 1. The van der Waals surface area contributed by atoms with Gasteiger partial charge in [-0.05, 0) is 43.3 Å². The summed E-state index contributed by atoms with van der Waals surface area (Å²) in [5, 5.41) is 19.6. The topological polar surface area (TPSA) is 72.2 Å². The van der Waals surface area contributed by atoms with Crippen molar-refractivity contribution in [3.05, 3.63) is 76.9 Å². The number of rotatable bonds is 3. The van der Waals surface area contributed by atoms with E-state index in [1.54, 1.807) is 28.8 Å². The highest BCUT2D eigenvalue weighted by atomic mass is 35.5. The third-order valence-electron chi connectivity index (χ3n) is 4.62. The van der Waals surface area contributed by atoms with Crippen molar-refractivity contribution in [2.24, 2.45) is 0 Å². The first-order chi connectivity index (χ1) is 14.1. The number of hydrogen-bond acceptors (Lipinski definition) is 5. The maximum atomic E-state index is 12.4. The number of nitrogens with zero attached hydrogens (tertiary/aromatic N) is 4. The van der Waals surface area contributed by atoms with Crippen LogP contribution in [0.4, 0.5) is 5.00 Å². The number of nitrogens with one attached hydrogen (secondary N) is 1. The fourth-order valence-electron chi connectivity index (χ4n) is 3.20. The minimum Gasteiger partial charge on any atom is -0.314 e. The highest BCUT2D eigenvalue weighted by molar-refractivity contribution is 7.19. The molecule has 0 atom stereocenters. The Morgan fingerprint density at radius 1 is 1.00 bits per heavy atom. The lowest BCUT2D eigenvalue weighted by Gasteiger charge is -2.04. The molecule has 0 saturated heterocycles. The number of aromatic nitrogens is 4. The molecule has 3 heterocycles. The van der Waals surface area contributed by atoms with Gasteiger partial charge < -0.3 is 5.32 Å². The van der Waals surface area contributed by atoms with Crippen LogP contribution in [0.1, 0.15) is 16.1 Å². The summed E-state index contributed by atoms with van der Waals surface area (Å²) in [4.78, 5) is 13.3. The summed E-state index contributed by atoms with van der Waals surface area (Å²) >= 11 is 7.30. The maximum absolute atomic E-state index is 12.4. The molecule has 0 aliphatic heterocycles. The molecular weight excluding hydrogens is 406 g/mol. The smallest absolute Gasteiger partial charge is 0.256 e. The van der Waals surface area contributed by atoms with Crippen LogP contribution in [0, 0.1) is 6.92 Å². The Hall–Kier alpha value is -3.29. The van der Waals surface area contributed by atoms with Gasteiger partial charge in [-0.25, -0.2) is 0 Å². The molecule has 2 aromatic carbocycles. The van der Waals surface area contributed by atoms with Crippen LogP contribution in [-0.4, -0.2) is 25.7 Å². The molecule has 142 valence electrons. The zero-order valence-corrected chi connectivity index (χ0v) is 16.8. The molecular formula is C21H14ClN5OS. The molecule has 0 saturated carbocycles. The third kappa shape index (κ3) is 3.14. The van der Waals surface area contributed by atoms with E-state index in [4.69, 9.17) is 11.6 Å². The van der Waals surface area contributed by atoms with Gasteiger partial charge in [0, 0.05) is 21.4 Å². The van der Waals surface area contributed by atoms with Crippen molar-refractivity contribution < 1.29 is 4.79 Å². The van der Waals surface area contributed by atoms with Crippen molar-refractivity contribution in [1.29, 1.82) is 0 Å². The highest BCUT2D eigenvalue weighted by Gasteiger charge is 2.16. The van der Waals surface area contributed by atoms with Crippen LogP contribution in [0.15, 0.2) is 60.7 Å². The van der Waals surface area contributed by atoms with Crippen molar-refractivity contribution in [2.45, 2.75) is 6.92 Å². The van der Waals surface area contributed by atoms with Gasteiger partial charge in [-0.3, -0.25) is 4.79 Å². The summed E-state index contributed by atoms with van der Waals surface area (Å²) < 4.78 is 1.76. The number of anilines is 1. The Balaban J connectivity index is 1.50. The average Bonchev–Trinajstić information content (AvgIpc) is 3.35. The van der Waals surface area contributed by atoms with Crippen molar-refractivity contribution >= 4 is 50.3 Å². The number of hydrogen-bond donors (Lipinski definition) is 1. The lowest BCUT2D eigenvalue weighted by atomic mass is 10.1. The summed E-state index contributed by atoms with van der Waals surface area (Å²) in [6, 6.07) is 18.5. The quantitative estimate of drug-likeness (QED) is 0.435. The number of aryl methyl sites for hydroxylation is 1. The van der Waals surface area contributed by atoms with Crippen LogP contribution >= 0.6 is 22.9 Å². The predicted molar refractivity (Wildman–Crippen MR) is 116 cm³/mol. The van der Waals surface area contributed by atoms with Crippen LogP contribution in [0.2, 0.25) is 5.02 Å². The average molecular weight is 420 g/mol. The Labute approximate surface area is 174 Å². The predicted octanol–water partition coefficient (Wildman–Crippen LogP) is 5.22. The molecule has 0 radical (unpaired) electrons. The molecule has 0 bridgehead atoms. The summed E-state index contributed by atoms with van der Waals surface area (Å²) in [6.45, 7) is 1.97. The Morgan fingerprint density at radius 2 is 1.76 bits per heavy atom. The van der Waals surface area contributed by atoms with Crippen LogP contribution in [-0.2, 0) is 0 Å². The van der Waals surface area contributed by atoms with E-state index < -0.39 is 0 Å². The number of carbonyl (C=O) groups excluding carboxylic acids is 1. The van der Waals surface area contributed by atoms with Gasteiger partial charge in [0.2, 0.25) is 0 Å². The molecule has 0 aliphatic rings. The zero-order valence-electron chi connectivity index (χ0n) is 15.3. The molecule has 29 heavy (non-hydrogen) atoms. The fourth-order valence-corrected chi connectivity index (χ4v) is 4.20. The Bertz CT molecular complexity index is 1370. The molecule has 0 unspecified atom stereocenters. The van der Waals surface area contributed by atoms with Crippen molar-refractivity contribution in [3.63, 3.8) is 0 Å². The first kappa shape index (κ1) is 17.8. The number of carbonyl (C=O) groups is 1. The molecule has 8 heteroatoms. The Morgan fingerprint density at radius 3 is 2.55 bits per heavy atom. The van der Waals surface area contributed by atoms with E-state index in [2.05, 4.69) is 20.6 Å². The van der Waals surface area contributed by atoms with Gasteiger partial charge in [-0.1, -0.05) is 35.9 Å². The monoisotopic (exact) mass is 419 g/mol. The van der Waals surface area contributed by atoms with Crippen molar-refractivity contribution in [3.8, 4) is 10.7 Å². The molecule has 0 aliphatic carbocycles. The van der Waals surface area contributed by atoms with E-state index in [0.717, 1.165) is 21.3 Å². The van der Waals surface area contributed by atoms with Crippen LogP contribution < -0.4 is 5.32 Å². The largest absolute Gasteiger partial charge is 0.314 e. The number of fused-ring (bicyclic) bond motifs is 3. The van der Waals surface area contributed by atoms with Crippen molar-refractivity contribution in [2.75, 3.05) is 5.32 Å². The number of amides is 1. The molecule has 5 aromatic rings. The highest BCUT2D eigenvalue weighted by Crippen LogP contribution is 2.32. The van der Waals surface area contributed by atoms with E-state index >= 15 is 0 Å². The third-order valence-corrected chi connectivity index (χ3v) is 5.87.